The van der Waals surface area contributed by atoms with Crippen LogP contribution in [0.5, 0.6) is 0 Å². The molecule has 2 unspecified atom stereocenters. The molecule has 7 nitrogen and oxygen atoms in total. The molecule has 36 heavy (non-hydrogen) atoms. The number of rotatable bonds is 9. The number of para-hydroxylation sites is 1. The topological polar surface area (TPSA) is 87.7 Å². The summed E-state index contributed by atoms with van der Waals surface area (Å²) in [5.74, 6) is -0.509. The van der Waals surface area contributed by atoms with E-state index in [0.717, 1.165) is 16.7 Å². The third-order valence-corrected chi connectivity index (χ3v) is 5.77. The van der Waals surface area contributed by atoms with Crippen LogP contribution < -0.4 is 10.6 Å². The van der Waals surface area contributed by atoms with Gasteiger partial charge >= 0.3 is 6.09 Å². The highest BCUT2D eigenvalue weighted by molar-refractivity contribution is 5.99. The van der Waals surface area contributed by atoms with Crippen molar-refractivity contribution in [3.8, 4) is 0 Å². The van der Waals surface area contributed by atoms with Crippen LogP contribution in [0.15, 0.2) is 48.5 Å². The van der Waals surface area contributed by atoms with E-state index >= 15 is 0 Å². The largest absolute Gasteiger partial charge is 0.444 e. The predicted molar refractivity (Wildman–Crippen MR) is 144 cm³/mol. The van der Waals surface area contributed by atoms with Crippen LogP contribution in [-0.4, -0.2) is 41.0 Å². The molecule has 2 aromatic rings. The summed E-state index contributed by atoms with van der Waals surface area (Å²) >= 11 is 0. The van der Waals surface area contributed by atoms with E-state index in [1.807, 2.05) is 83.1 Å². The Balaban J connectivity index is 2.47. The number of hydrogen-bond acceptors (Lipinski definition) is 4. The van der Waals surface area contributed by atoms with Crippen LogP contribution in [0, 0.1) is 19.8 Å². The van der Waals surface area contributed by atoms with Crippen molar-refractivity contribution in [1.29, 1.82) is 0 Å². The molecule has 0 aromatic heterocycles. The number of nitrogens with one attached hydrogen (secondary N) is 2. The lowest BCUT2D eigenvalue weighted by Gasteiger charge is -2.34. The normalized spacial score (nSPS) is 13.0. The molecule has 2 atom stereocenters. The fourth-order valence-corrected chi connectivity index (χ4v) is 4.07. The second-order valence-corrected chi connectivity index (χ2v) is 10.5. The number of ether oxygens (including phenoxy) is 1. The molecule has 0 spiro atoms. The maximum absolute atomic E-state index is 13.9. The second kappa shape index (κ2) is 12.6. The molecule has 0 radical (unpaired) electrons. The zero-order chi connectivity index (χ0) is 27.0. The molecule has 0 saturated heterocycles. The van der Waals surface area contributed by atoms with Crippen molar-refractivity contribution >= 4 is 23.6 Å². The fourth-order valence-electron chi connectivity index (χ4n) is 4.07. The first-order valence-electron chi connectivity index (χ1n) is 12.6. The lowest BCUT2D eigenvalue weighted by molar-refractivity contribution is -0.140. The molecule has 2 rings (SSSR count). The maximum Gasteiger partial charge on any atom is 0.408 e. The molecule has 0 heterocycles. The molecular weight excluding hydrogens is 454 g/mol. The minimum absolute atomic E-state index is 0.130. The second-order valence-electron chi connectivity index (χ2n) is 10.5. The summed E-state index contributed by atoms with van der Waals surface area (Å²) in [5, 5.41) is 5.77. The summed E-state index contributed by atoms with van der Waals surface area (Å²) in [7, 11) is 0. The van der Waals surface area contributed by atoms with E-state index in [1.165, 1.54) is 0 Å². The molecule has 0 aliphatic rings. The molecular formula is C29H41N3O4. The number of likely N-dealkylation sites (N-methyl/N-ethyl adjacent to an activating group) is 1. The number of amides is 3. The van der Waals surface area contributed by atoms with Crippen molar-refractivity contribution in [2.24, 2.45) is 5.92 Å². The van der Waals surface area contributed by atoms with Gasteiger partial charge in [0.25, 0.3) is 5.91 Å². The maximum atomic E-state index is 13.9. The average Bonchev–Trinajstić information content (AvgIpc) is 2.77. The van der Waals surface area contributed by atoms with Crippen molar-refractivity contribution in [1.82, 2.24) is 10.2 Å². The lowest BCUT2D eigenvalue weighted by Crippen LogP contribution is -2.52. The Morgan fingerprint density at radius 3 is 2.06 bits per heavy atom. The third kappa shape index (κ3) is 8.11. The Kier molecular flexibility index (Phi) is 10.1. The predicted octanol–water partition coefficient (Wildman–Crippen LogP) is 5.77. The van der Waals surface area contributed by atoms with E-state index < -0.39 is 23.8 Å². The number of carbonyl (C=O) groups excluding carboxylic acids is 3. The standard InChI is InChI=1S/C29H41N3O4/c1-9-32(27(34)24(18-19(2)3)31-28(35)36-29(6,7)8)25(22-16-12-10-14-20(22)4)26(33)30-23-17-13-11-15-21(23)5/h10-17,19,24-25H,9,18H2,1-8H3,(H,30,33)(H,31,35). The van der Waals surface area contributed by atoms with Gasteiger partial charge in [-0.25, -0.2) is 4.79 Å². The van der Waals surface area contributed by atoms with Gasteiger partial charge in [-0.2, -0.15) is 0 Å². The van der Waals surface area contributed by atoms with Gasteiger partial charge in [-0.15, -0.1) is 0 Å². The summed E-state index contributed by atoms with van der Waals surface area (Å²) in [6.45, 7) is 15.2. The molecule has 3 amide bonds. The van der Waals surface area contributed by atoms with Gasteiger partial charge < -0.3 is 20.3 Å². The zero-order valence-electron chi connectivity index (χ0n) is 22.8. The van der Waals surface area contributed by atoms with Crippen LogP contribution in [0.3, 0.4) is 0 Å². The minimum atomic E-state index is -0.876. The van der Waals surface area contributed by atoms with Gasteiger partial charge in [0.05, 0.1) is 0 Å². The van der Waals surface area contributed by atoms with Gasteiger partial charge in [0.15, 0.2) is 0 Å². The van der Waals surface area contributed by atoms with Crippen LogP contribution in [0.1, 0.15) is 70.7 Å². The Labute approximate surface area is 215 Å². The van der Waals surface area contributed by atoms with E-state index in [2.05, 4.69) is 10.6 Å². The molecule has 0 fully saturated rings. The monoisotopic (exact) mass is 495 g/mol. The number of hydrogen-bond donors (Lipinski definition) is 2. The van der Waals surface area contributed by atoms with Crippen LogP contribution in [0.4, 0.5) is 10.5 Å². The molecule has 0 bridgehead atoms. The molecule has 0 aliphatic carbocycles. The first kappa shape index (κ1) is 28.9. The zero-order valence-corrected chi connectivity index (χ0v) is 22.8. The summed E-state index contributed by atoms with van der Waals surface area (Å²) in [5.41, 5.74) is 2.55. The SMILES string of the molecule is CCN(C(=O)C(CC(C)C)NC(=O)OC(C)(C)C)C(C(=O)Nc1ccccc1C)c1ccccc1C. The van der Waals surface area contributed by atoms with Gasteiger partial charge in [0.2, 0.25) is 5.91 Å². The van der Waals surface area contributed by atoms with Crippen molar-refractivity contribution in [3.05, 3.63) is 65.2 Å². The quantitative estimate of drug-likeness (QED) is 0.462. The van der Waals surface area contributed by atoms with Crippen LogP contribution >= 0.6 is 0 Å². The molecule has 0 saturated carbocycles. The van der Waals surface area contributed by atoms with E-state index in [4.69, 9.17) is 4.74 Å². The molecule has 2 N–H and O–H groups in total. The lowest BCUT2D eigenvalue weighted by atomic mass is 9.96. The van der Waals surface area contributed by atoms with E-state index in [1.54, 1.807) is 25.7 Å². The molecule has 2 aromatic carbocycles. The molecule has 0 aliphatic heterocycles. The minimum Gasteiger partial charge on any atom is -0.444 e. The van der Waals surface area contributed by atoms with Gasteiger partial charge in [-0.05, 0) is 76.6 Å². The van der Waals surface area contributed by atoms with E-state index in [0.29, 0.717) is 12.1 Å². The Morgan fingerprint density at radius 2 is 1.53 bits per heavy atom. The number of carbonyl (C=O) groups is 3. The highest BCUT2D eigenvalue weighted by atomic mass is 16.6. The van der Waals surface area contributed by atoms with Crippen molar-refractivity contribution < 1.29 is 19.1 Å². The average molecular weight is 496 g/mol. The van der Waals surface area contributed by atoms with Crippen molar-refractivity contribution in [2.75, 3.05) is 11.9 Å². The smallest absolute Gasteiger partial charge is 0.408 e. The summed E-state index contributed by atoms with van der Waals surface area (Å²) in [6.07, 6.45) is -0.247. The fraction of sp³-hybridized carbons (Fsp3) is 0.483. The number of anilines is 1. The summed E-state index contributed by atoms with van der Waals surface area (Å²) in [6, 6.07) is 13.4. The van der Waals surface area contributed by atoms with Crippen LogP contribution in [0.25, 0.3) is 0 Å². The summed E-state index contributed by atoms with van der Waals surface area (Å²) in [4.78, 5) is 41.8. The van der Waals surface area contributed by atoms with E-state index in [9.17, 15) is 14.4 Å². The number of alkyl carbamates (subject to hydrolysis) is 1. The number of aryl methyl sites for hydroxylation is 2. The van der Waals surface area contributed by atoms with Crippen LogP contribution in [-0.2, 0) is 14.3 Å². The first-order valence-corrected chi connectivity index (χ1v) is 12.6. The molecule has 196 valence electrons. The molecule has 7 heteroatoms. The number of benzene rings is 2. The van der Waals surface area contributed by atoms with Gasteiger partial charge in [0, 0.05) is 12.2 Å². The Morgan fingerprint density at radius 1 is 0.944 bits per heavy atom. The summed E-state index contributed by atoms with van der Waals surface area (Å²) < 4.78 is 5.42. The third-order valence-electron chi connectivity index (χ3n) is 5.77. The van der Waals surface area contributed by atoms with Gasteiger partial charge in [-0.3, -0.25) is 9.59 Å². The van der Waals surface area contributed by atoms with Crippen LogP contribution in [0.2, 0.25) is 0 Å². The van der Waals surface area contributed by atoms with Crippen molar-refractivity contribution in [2.45, 2.75) is 79.5 Å². The van der Waals surface area contributed by atoms with E-state index in [-0.39, 0.29) is 24.3 Å². The Bertz CT molecular complexity index is 1060. The highest BCUT2D eigenvalue weighted by Crippen LogP contribution is 2.28. The highest BCUT2D eigenvalue weighted by Gasteiger charge is 2.36. The first-order chi connectivity index (χ1) is 16.8. The van der Waals surface area contributed by atoms with Gasteiger partial charge in [-0.1, -0.05) is 56.3 Å². The Hall–Kier alpha value is -3.35. The van der Waals surface area contributed by atoms with Gasteiger partial charge in [0.1, 0.15) is 17.7 Å². The number of nitrogens with zero attached hydrogens (tertiary/aromatic N) is 1. The van der Waals surface area contributed by atoms with Crippen molar-refractivity contribution in [3.63, 3.8) is 0 Å².